The summed E-state index contributed by atoms with van der Waals surface area (Å²) >= 11 is 1.38. The van der Waals surface area contributed by atoms with Gasteiger partial charge in [0.1, 0.15) is 12.4 Å². The normalized spacial score (nSPS) is 10.6. The number of carbonyl (C=O) groups excluding carboxylic acids is 2. The van der Waals surface area contributed by atoms with E-state index in [-0.39, 0.29) is 11.8 Å². The van der Waals surface area contributed by atoms with Crippen LogP contribution in [0.3, 0.4) is 0 Å². The van der Waals surface area contributed by atoms with Gasteiger partial charge in [-0.3, -0.25) is 9.59 Å². The quantitative estimate of drug-likeness (QED) is 0.424. The van der Waals surface area contributed by atoms with Crippen LogP contribution in [0, 0.1) is 0 Å². The van der Waals surface area contributed by atoms with Crippen molar-refractivity contribution in [2.75, 3.05) is 10.6 Å². The first-order valence-corrected chi connectivity index (χ1v) is 10.3. The third-order valence-electron chi connectivity index (χ3n) is 4.47. The highest BCUT2D eigenvalue weighted by Gasteiger charge is 2.10. The van der Waals surface area contributed by atoms with E-state index in [0.29, 0.717) is 22.9 Å². The maximum Gasteiger partial charge on any atom is 0.265 e. The van der Waals surface area contributed by atoms with Crippen LogP contribution >= 0.6 is 11.3 Å². The van der Waals surface area contributed by atoms with Crippen LogP contribution in [0.5, 0.6) is 5.75 Å². The Kier molecular flexibility index (Phi) is 5.77. The second kappa shape index (κ2) is 8.80. The Morgan fingerprint density at radius 3 is 2.30 bits per heavy atom. The molecule has 30 heavy (non-hydrogen) atoms. The van der Waals surface area contributed by atoms with E-state index in [4.69, 9.17) is 4.74 Å². The minimum Gasteiger partial charge on any atom is -0.489 e. The lowest BCUT2D eigenvalue weighted by Crippen LogP contribution is -2.10. The van der Waals surface area contributed by atoms with Gasteiger partial charge >= 0.3 is 0 Å². The summed E-state index contributed by atoms with van der Waals surface area (Å²) < 4.78 is 5.90. The van der Waals surface area contributed by atoms with Gasteiger partial charge in [-0.15, -0.1) is 11.3 Å². The van der Waals surface area contributed by atoms with E-state index in [0.717, 1.165) is 16.7 Å². The van der Waals surface area contributed by atoms with E-state index in [1.165, 1.54) is 23.6 Å². The highest BCUT2D eigenvalue weighted by molar-refractivity contribution is 7.12. The molecule has 0 saturated carbocycles. The SMILES string of the molecule is CC(=O)Nc1ccc(NC(=O)c2cc(COc3ccc4ccccc4c3)cs2)cc1. The van der Waals surface area contributed by atoms with Gasteiger partial charge in [-0.25, -0.2) is 0 Å². The number of carbonyl (C=O) groups is 2. The van der Waals surface area contributed by atoms with Crippen LogP contribution in [0.1, 0.15) is 22.2 Å². The molecule has 0 aliphatic carbocycles. The van der Waals surface area contributed by atoms with Gasteiger partial charge in [-0.1, -0.05) is 30.3 Å². The minimum absolute atomic E-state index is 0.135. The number of fused-ring (bicyclic) bond motifs is 1. The Hall–Kier alpha value is -3.64. The maximum absolute atomic E-state index is 12.5. The van der Waals surface area contributed by atoms with E-state index in [9.17, 15) is 9.59 Å². The first-order chi connectivity index (χ1) is 14.6. The molecule has 2 N–H and O–H groups in total. The number of hydrogen-bond acceptors (Lipinski definition) is 4. The summed E-state index contributed by atoms with van der Waals surface area (Å²) in [6.45, 7) is 1.85. The Bertz CT molecular complexity index is 1200. The number of benzene rings is 3. The zero-order chi connectivity index (χ0) is 20.9. The van der Waals surface area contributed by atoms with Crippen molar-refractivity contribution in [3.63, 3.8) is 0 Å². The summed E-state index contributed by atoms with van der Waals surface area (Å²) in [5.41, 5.74) is 2.29. The van der Waals surface area contributed by atoms with Gasteiger partial charge in [0.2, 0.25) is 5.91 Å². The Morgan fingerprint density at radius 1 is 0.867 bits per heavy atom. The van der Waals surface area contributed by atoms with E-state index in [2.05, 4.69) is 22.8 Å². The lowest BCUT2D eigenvalue weighted by molar-refractivity contribution is -0.114. The Morgan fingerprint density at radius 2 is 1.57 bits per heavy atom. The Labute approximate surface area is 178 Å². The van der Waals surface area contributed by atoms with E-state index in [1.54, 1.807) is 24.3 Å². The average Bonchev–Trinajstić information content (AvgIpc) is 3.22. The lowest BCUT2D eigenvalue weighted by Gasteiger charge is -2.06. The smallest absolute Gasteiger partial charge is 0.265 e. The molecule has 0 saturated heterocycles. The van der Waals surface area contributed by atoms with Crippen LogP contribution in [0.4, 0.5) is 11.4 Å². The number of ether oxygens (including phenoxy) is 1. The molecule has 2 amide bonds. The Balaban J connectivity index is 1.35. The second-order valence-electron chi connectivity index (χ2n) is 6.83. The zero-order valence-electron chi connectivity index (χ0n) is 16.3. The fourth-order valence-electron chi connectivity index (χ4n) is 3.03. The van der Waals surface area contributed by atoms with Crippen LogP contribution in [0.15, 0.2) is 78.2 Å². The second-order valence-corrected chi connectivity index (χ2v) is 7.74. The van der Waals surface area contributed by atoms with Crippen molar-refractivity contribution in [2.45, 2.75) is 13.5 Å². The first-order valence-electron chi connectivity index (χ1n) is 9.45. The van der Waals surface area contributed by atoms with Crippen molar-refractivity contribution in [1.82, 2.24) is 0 Å². The standard InChI is InChI=1S/C24H20N2O3S/c1-16(27)25-20-7-9-21(10-8-20)26-24(28)23-12-17(15-30-23)14-29-22-11-6-18-4-2-3-5-19(18)13-22/h2-13,15H,14H2,1H3,(H,25,27)(H,26,28). The molecular weight excluding hydrogens is 396 g/mol. The predicted molar refractivity (Wildman–Crippen MR) is 121 cm³/mol. The molecule has 150 valence electrons. The summed E-state index contributed by atoms with van der Waals surface area (Å²) in [6, 6.07) is 23.0. The molecule has 0 aliphatic heterocycles. The van der Waals surface area contributed by atoms with Crippen LogP contribution in [-0.2, 0) is 11.4 Å². The van der Waals surface area contributed by atoms with Gasteiger partial charge in [0.15, 0.2) is 0 Å². The highest BCUT2D eigenvalue weighted by atomic mass is 32.1. The third kappa shape index (κ3) is 4.85. The largest absolute Gasteiger partial charge is 0.489 e. The monoisotopic (exact) mass is 416 g/mol. The summed E-state index contributed by atoms with van der Waals surface area (Å²) in [5, 5.41) is 9.78. The summed E-state index contributed by atoms with van der Waals surface area (Å²) in [4.78, 5) is 24.2. The van der Waals surface area contributed by atoms with Gasteiger partial charge in [0.05, 0.1) is 4.88 Å². The molecule has 0 fully saturated rings. The molecule has 0 aliphatic rings. The molecule has 0 atom stereocenters. The van der Waals surface area contributed by atoms with Gasteiger partial charge in [-0.2, -0.15) is 0 Å². The molecule has 1 heterocycles. The molecular formula is C24H20N2O3S. The molecule has 0 unspecified atom stereocenters. The molecule has 0 bridgehead atoms. The summed E-state index contributed by atoms with van der Waals surface area (Å²) in [7, 11) is 0. The molecule has 1 aromatic heterocycles. The average molecular weight is 417 g/mol. The summed E-state index contributed by atoms with van der Waals surface area (Å²) in [6.07, 6.45) is 0. The van der Waals surface area contributed by atoms with Crippen molar-refractivity contribution in [2.24, 2.45) is 0 Å². The topological polar surface area (TPSA) is 67.4 Å². The summed E-state index contributed by atoms with van der Waals surface area (Å²) in [5.74, 6) is 0.484. The first kappa shape index (κ1) is 19.7. The minimum atomic E-state index is -0.177. The van der Waals surface area contributed by atoms with Crippen LogP contribution < -0.4 is 15.4 Å². The van der Waals surface area contributed by atoms with Crippen molar-refractivity contribution in [3.8, 4) is 5.75 Å². The zero-order valence-corrected chi connectivity index (χ0v) is 17.2. The van der Waals surface area contributed by atoms with Crippen molar-refractivity contribution < 1.29 is 14.3 Å². The van der Waals surface area contributed by atoms with Crippen LogP contribution in [0.25, 0.3) is 10.8 Å². The molecule has 6 heteroatoms. The number of thiophene rings is 1. The molecule has 3 aromatic carbocycles. The molecule has 4 rings (SSSR count). The van der Waals surface area contributed by atoms with Gasteiger partial charge < -0.3 is 15.4 Å². The number of anilines is 2. The number of nitrogens with one attached hydrogen (secondary N) is 2. The van der Waals surface area contributed by atoms with Crippen molar-refractivity contribution in [3.05, 3.63) is 88.6 Å². The predicted octanol–water partition coefficient (Wildman–Crippen LogP) is 5.69. The van der Waals surface area contributed by atoms with E-state index < -0.39 is 0 Å². The number of amides is 2. The third-order valence-corrected chi connectivity index (χ3v) is 5.44. The highest BCUT2D eigenvalue weighted by Crippen LogP contribution is 2.23. The fraction of sp³-hybridized carbons (Fsp3) is 0.0833. The fourth-order valence-corrected chi connectivity index (χ4v) is 3.82. The van der Waals surface area contributed by atoms with Gasteiger partial charge in [0, 0.05) is 23.9 Å². The van der Waals surface area contributed by atoms with Crippen molar-refractivity contribution >= 4 is 45.3 Å². The van der Waals surface area contributed by atoms with Crippen LogP contribution in [0.2, 0.25) is 0 Å². The van der Waals surface area contributed by atoms with Gasteiger partial charge in [-0.05, 0) is 58.6 Å². The molecule has 0 radical (unpaired) electrons. The van der Waals surface area contributed by atoms with Crippen molar-refractivity contribution in [1.29, 1.82) is 0 Å². The molecule has 0 spiro atoms. The van der Waals surface area contributed by atoms with E-state index in [1.807, 2.05) is 41.8 Å². The molecule has 5 nitrogen and oxygen atoms in total. The van der Waals surface area contributed by atoms with Crippen LogP contribution in [-0.4, -0.2) is 11.8 Å². The van der Waals surface area contributed by atoms with E-state index >= 15 is 0 Å². The maximum atomic E-state index is 12.5. The molecule has 4 aromatic rings. The van der Waals surface area contributed by atoms with Gasteiger partial charge in [0.25, 0.3) is 5.91 Å². The lowest BCUT2D eigenvalue weighted by atomic mass is 10.1. The number of rotatable bonds is 6. The number of hydrogen-bond donors (Lipinski definition) is 2.